The van der Waals surface area contributed by atoms with Crippen LogP contribution in [0.4, 0.5) is 5.69 Å². The molecule has 1 amide bonds. The Hall–Kier alpha value is -2.66. The Kier molecular flexibility index (Phi) is 4.36. The van der Waals surface area contributed by atoms with Gasteiger partial charge in [-0.1, -0.05) is 30.7 Å². The van der Waals surface area contributed by atoms with Crippen molar-refractivity contribution in [3.05, 3.63) is 65.1 Å². The SMILES string of the molecule is C=C(C)c1cc(Cl)c(NC(=O)c2cnn3cccnc23)cc1CC. The lowest BCUT2D eigenvalue weighted by atomic mass is 9.99. The molecule has 24 heavy (non-hydrogen) atoms. The third-order valence-corrected chi connectivity index (χ3v) is 4.12. The van der Waals surface area contributed by atoms with Crippen LogP contribution < -0.4 is 5.32 Å². The fraction of sp³-hybridized carbons (Fsp3) is 0.167. The number of hydrogen-bond donors (Lipinski definition) is 1. The first kappa shape index (κ1) is 16.2. The van der Waals surface area contributed by atoms with Crippen LogP contribution in [-0.2, 0) is 6.42 Å². The van der Waals surface area contributed by atoms with E-state index in [0.717, 1.165) is 23.1 Å². The molecule has 0 unspecified atom stereocenters. The number of halogens is 1. The molecule has 0 atom stereocenters. The van der Waals surface area contributed by atoms with Gasteiger partial charge >= 0.3 is 0 Å². The van der Waals surface area contributed by atoms with Crippen LogP contribution in [0.25, 0.3) is 11.2 Å². The topological polar surface area (TPSA) is 59.3 Å². The Balaban J connectivity index is 1.96. The fourth-order valence-electron chi connectivity index (χ4n) is 2.58. The summed E-state index contributed by atoms with van der Waals surface area (Å²) in [5, 5.41) is 7.45. The molecule has 0 aliphatic rings. The van der Waals surface area contributed by atoms with Gasteiger partial charge in [-0.05, 0) is 42.7 Å². The molecule has 5 nitrogen and oxygen atoms in total. The van der Waals surface area contributed by atoms with Gasteiger partial charge in [0.15, 0.2) is 5.65 Å². The number of anilines is 1. The van der Waals surface area contributed by atoms with Gasteiger partial charge in [-0.3, -0.25) is 4.79 Å². The summed E-state index contributed by atoms with van der Waals surface area (Å²) in [6.45, 7) is 7.97. The smallest absolute Gasteiger partial charge is 0.261 e. The van der Waals surface area contributed by atoms with Crippen molar-refractivity contribution >= 4 is 34.4 Å². The van der Waals surface area contributed by atoms with Crippen LogP contribution in [0.1, 0.15) is 35.3 Å². The van der Waals surface area contributed by atoms with Crippen molar-refractivity contribution in [2.24, 2.45) is 0 Å². The van der Waals surface area contributed by atoms with Crippen molar-refractivity contribution in [1.29, 1.82) is 0 Å². The Morgan fingerprint density at radius 3 is 2.88 bits per heavy atom. The van der Waals surface area contributed by atoms with Gasteiger partial charge < -0.3 is 5.32 Å². The average molecular weight is 341 g/mol. The van der Waals surface area contributed by atoms with Gasteiger partial charge in [-0.25, -0.2) is 9.50 Å². The second-order valence-electron chi connectivity index (χ2n) is 5.52. The largest absolute Gasteiger partial charge is 0.320 e. The molecule has 0 fully saturated rings. The van der Waals surface area contributed by atoms with E-state index in [2.05, 4.69) is 28.9 Å². The van der Waals surface area contributed by atoms with Crippen molar-refractivity contribution < 1.29 is 4.79 Å². The van der Waals surface area contributed by atoms with Gasteiger partial charge in [0.2, 0.25) is 0 Å². The average Bonchev–Trinajstić information content (AvgIpc) is 3.00. The second-order valence-corrected chi connectivity index (χ2v) is 5.93. The Morgan fingerprint density at radius 2 is 2.17 bits per heavy atom. The van der Waals surface area contributed by atoms with E-state index in [0.29, 0.717) is 21.9 Å². The van der Waals surface area contributed by atoms with E-state index in [4.69, 9.17) is 11.6 Å². The summed E-state index contributed by atoms with van der Waals surface area (Å²) >= 11 is 6.33. The highest BCUT2D eigenvalue weighted by molar-refractivity contribution is 6.34. The normalized spacial score (nSPS) is 10.8. The number of rotatable bonds is 4. The van der Waals surface area contributed by atoms with Gasteiger partial charge in [0, 0.05) is 12.4 Å². The van der Waals surface area contributed by atoms with E-state index in [-0.39, 0.29) is 5.91 Å². The summed E-state index contributed by atoms with van der Waals surface area (Å²) < 4.78 is 1.55. The fourth-order valence-corrected chi connectivity index (χ4v) is 2.79. The van der Waals surface area contributed by atoms with E-state index in [1.165, 1.54) is 6.20 Å². The molecule has 0 aliphatic heterocycles. The number of carbonyl (C=O) groups excluding carboxylic acids is 1. The molecule has 1 aromatic carbocycles. The number of fused-ring (bicyclic) bond motifs is 1. The number of allylic oxidation sites excluding steroid dienone is 1. The minimum atomic E-state index is -0.296. The van der Waals surface area contributed by atoms with E-state index in [9.17, 15) is 4.79 Å². The lowest BCUT2D eigenvalue weighted by molar-refractivity contribution is 0.102. The number of nitrogens with one attached hydrogen (secondary N) is 1. The molecule has 2 aromatic heterocycles. The van der Waals surface area contributed by atoms with Crippen molar-refractivity contribution in [3.8, 4) is 0 Å². The molecule has 0 saturated carbocycles. The molecule has 0 aliphatic carbocycles. The van der Waals surface area contributed by atoms with E-state index in [1.54, 1.807) is 23.0 Å². The van der Waals surface area contributed by atoms with Crippen molar-refractivity contribution in [3.63, 3.8) is 0 Å². The third kappa shape index (κ3) is 2.90. The van der Waals surface area contributed by atoms with Crippen LogP contribution in [-0.4, -0.2) is 20.5 Å². The lowest BCUT2D eigenvalue weighted by Crippen LogP contribution is -2.13. The number of carbonyl (C=O) groups is 1. The molecular weight excluding hydrogens is 324 g/mol. The molecule has 122 valence electrons. The lowest BCUT2D eigenvalue weighted by Gasteiger charge is -2.13. The van der Waals surface area contributed by atoms with Crippen LogP contribution in [0.5, 0.6) is 0 Å². The van der Waals surface area contributed by atoms with E-state index >= 15 is 0 Å². The summed E-state index contributed by atoms with van der Waals surface area (Å²) in [4.78, 5) is 16.8. The molecule has 0 spiro atoms. The number of aryl methyl sites for hydroxylation is 1. The van der Waals surface area contributed by atoms with Crippen LogP contribution in [0.3, 0.4) is 0 Å². The third-order valence-electron chi connectivity index (χ3n) is 3.81. The summed E-state index contributed by atoms with van der Waals surface area (Å²) in [6, 6.07) is 5.48. The van der Waals surface area contributed by atoms with Gasteiger partial charge in [-0.15, -0.1) is 0 Å². The number of hydrogen-bond acceptors (Lipinski definition) is 3. The first-order valence-corrected chi connectivity index (χ1v) is 7.97. The molecule has 1 N–H and O–H groups in total. The second kappa shape index (κ2) is 6.45. The number of nitrogens with zero attached hydrogens (tertiary/aromatic N) is 3. The Bertz CT molecular complexity index is 945. The summed E-state index contributed by atoms with van der Waals surface area (Å²) in [7, 11) is 0. The van der Waals surface area contributed by atoms with Crippen LogP contribution >= 0.6 is 11.6 Å². The maximum absolute atomic E-state index is 12.6. The first-order valence-electron chi connectivity index (χ1n) is 7.59. The minimum absolute atomic E-state index is 0.296. The summed E-state index contributed by atoms with van der Waals surface area (Å²) in [6.07, 6.45) is 5.68. The monoisotopic (exact) mass is 340 g/mol. The first-order chi connectivity index (χ1) is 11.5. The van der Waals surface area contributed by atoms with Crippen LogP contribution in [0.15, 0.2) is 43.4 Å². The molecule has 3 rings (SSSR count). The zero-order chi connectivity index (χ0) is 17.3. The zero-order valence-electron chi connectivity index (χ0n) is 13.5. The van der Waals surface area contributed by atoms with Crippen LogP contribution in [0.2, 0.25) is 5.02 Å². The van der Waals surface area contributed by atoms with Gasteiger partial charge in [0.1, 0.15) is 5.56 Å². The van der Waals surface area contributed by atoms with Crippen molar-refractivity contribution in [1.82, 2.24) is 14.6 Å². The number of benzene rings is 1. The molecular formula is C18H17ClN4O. The molecule has 6 heteroatoms. The number of aromatic nitrogens is 3. The molecule has 2 heterocycles. The van der Waals surface area contributed by atoms with Gasteiger partial charge in [0.25, 0.3) is 5.91 Å². The minimum Gasteiger partial charge on any atom is -0.320 e. The molecule has 0 radical (unpaired) electrons. The summed E-state index contributed by atoms with van der Waals surface area (Å²) in [5.41, 5.74) is 4.50. The number of amides is 1. The highest BCUT2D eigenvalue weighted by Gasteiger charge is 2.16. The van der Waals surface area contributed by atoms with Crippen LogP contribution in [0, 0.1) is 0 Å². The standard InChI is InChI=1S/C18H17ClN4O/c1-4-12-8-16(15(19)9-13(12)11(2)3)22-18(24)14-10-21-23-7-5-6-20-17(14)23/h5-10H,2,4H2,1,3H3,(H,22,24). The quantitative estimate of drug-likeness (QED) is 0.773. The maximum atomic E-state index is 12.6. The zero-order valence-corrected chi connectivity index (χ0v) is 14.3. The molecule has 0 bridgehead atoms. The molecule has 0 saturated heterocycles. The Labute approximate surface area is 145 Å². The highest BCUT2D eigenvalue weighted by Crippen LogP contribution is 2.30. The van der Waals surface area contributed by atoms with Gasteiger partial charge in [0.05, 0.1) is 16.9 Å². The predicted molar refractivity (Wildman–Crippen MR) is 96.5 cm³/mol. The van der Waals surface area contributed by atoms with Crippen molar-refractivity contribution in [2.45, 2.75) is 20.3 Å². The van der Waals surface area contributed by atoms with E-state index < -0.39 is 0 Å². The Morgan fingerprint density at radius 1 is 1.38 bits per heavy atom. The maximum Gasteiger partial charge on any atom is 0.261 e. The summed E-state index contributed by atoms with van der Waals surface area (Å²) in [5.74, 6) is -0.296. The van der Waals surface area contributed by atoms with E-state index in [1.807, 2.05) is 19.1 Å². The highest BCUT2D eigenvalue weighted by atomic mass is 35.5. The predicted octanol–water partition coefficient (Wildman–Crippen LogP) is 4.23. The van der Waals surface area contributed by atoms with Gasteiger partial charge in [-0.2, -0.15) is 5.10 Å². The van der Waals surface area contributed by atoms with Crippen molar-refractivity contribution in [2.75, 3.05) is 5.32 Å². The molecule has 3 aromatic rings.